The third kappa shape index (κ3) is 5.57. The molecule has 0 spiro atoms. The van der Waals surface area contributed by atoms with Crippen molar-refractivity contribution in [1.82, 2.24) is 9.62 Å². The Hall–Kier alpha value is -0.950. The maximum atomic E-state index is 12.4. The second kappa shape index (κ2) is 8.24. The molecule has 6 heteroatoms. The number of hydrogen-bond donors (Lipinski definition) is 1. The van der Waals surface area contributed by atoms with Gasteiger partial charge < -0.3 is 4.74 Å². The van der Waals surface area contributed by atoms with Gasteiger partial charge in [-0.1, -0.05) is 32.9 Å². The highest BCUT2D eigenvalue weighted by Crippen LogP contribution is 2.12. The summed E-state index contributed by atoms with van der Waals surface area (Å²) < 4.78 is 33.1. The largest absolute Gasteiger partial charge is 0.374 e. The fourth-order valence-electron chi connectivity index (χ4n) is 2.78. The zero-order valence-corrected chi connectivity index (χ0v) is 15.1. The summed E-state index contributed by atoms with van der Waals surface area (Å²) in [5.41, 5.74) is 1.13. The lowest BCUT2D eigenvalue weighted by Gasteiger charge is -2.33. The topological polar surface area (TPSA) is 58.6 Å². The molecule has 1 aliphatic heterocycles. The molecule has 23 heavy (non-hydrogen) atoms. The Morgan fingerprint density at radius 2 is 2.00 bits per heavy atom. The van der Waals surface area contributed by atoms with Crippen LogP contribution >= 0.6 is 0 Å². The van der Waals surface area contributed by atoms with Crippen LogP contribution in [0.1, 0.15) is 26.3 Å². The molecule has 2 rings (SSSR count). The van der Waals surface area contributed by atoms with Gasteiger partial charge in [-0.25, -0.2) is 13.1 Å². The molecule has 1 N–H and O–H groups in total. The third-order valence-corrected chi connectivity index (χ3v) is 5.43. The van der Waals surface area contributed by atoms with E-state index in [1.54, 1.807) is 12.1 Å². The molecule has 1 aromatic rings. The molecule has 0 aromatic heterocycles. The lowest BCUT2D eigenvalue weighted by Crippen LogP contribution is -2.48. The van der Waals surface area contributed by atoms with Gasteiger partial charge in [0.2, 0.25) is 10.0 Å². The van der Waals surface area contributed by atoms with E-state index in [2.05, 4.69) is 23.5 Å². The van der Waals surface area contributed by atoms with Crippen molar-refractivity contribution in [1.29, 1.82) is 0 Å². The van der Waals surface area contributed by atoms with Crippen molar-refractivity contribution < 1.29 is 13.2 Å². The van der Waals surface area contributed by atoms with Crippen molar-refractivity contribution in [2.24, 2.45) is 5.92 Å². The summed E-state index contributed by atoms with van der Waals surface area (Å²) in [4.78, 5) is 2.65. The summed E-state index contributed by atoms with van der Waals surface area (Å²) >= 11 is 0. The van der Waals surface area contributed by atoms with E-state index in [4.69, 9.17) is 4.74 Å². The summed E-state index contributed by atoms with van der Waals surface area (Å²) in [6.07, 6.45) is 0.808. The van der Waals surface area contributed by atoms with Crippen LogP contribution < -0.4 is 4.72 Å². The summed E-state index contributed by atoms with van der Waals surface area (Å²) in [5.74, 6) is 0.600. The third-order valence-electron chi connectivity index (χ3n) is 3.99. The number of aryl methyl sites for hydroxylation is 1. The fraction of sp³-hybridized carbons (Fsp3) is 0.647. The molecule has 130 valence electrons. The van der Waals surface area contributed by atoms with Crippen LogP contribution in [0.4, 0.5) is 0 Å². The number of hydrogen-bond acceptors (Lipinski definition) is 4. The number of morpholine rings is 1. The minimum atomic E-state index is -3.47. The first kappa shape index (κ1) is 18.4. The molecule has 0 bridgehead atoms. The van der Waals surface area contributed by atoms with E-state index in [1.807, 2.05) is 19.1 Å². The van der Waals surface area contributed by atoms with Crippen LogP contribution in [0.15, 0.2) is 29.2 Å². The zero-order valence-electron chi connectivity index (χ0n) is 14.3. The maximum Gasteiger partial charge on any atom is 0.240 e. The zero-order chi connectivity index (χ0) is 16.9. The van der Waals surface area contributed by atoms with Gasteiger partial charge in [0.25, 0.3) is 0 Å². The molecule has 1 heterocycles. The molecule has 1 fully saturated rings. The van der Waals surface area contributed by atoms with Crippen molar-refractivity contribution in [3.8, 4) is 0 Å². The standard InChI is InChI=1S/C17H28N2O3S/c1-4-15-5-7-17(8-6-15)23(20,21)18-11-16-13-19(9-10-22-16)12-14(2)3/h5-8,14,16,18H,4,9-13H2,1-3H3. The first-order valence-electron chi connectivity index (χ1n) is 8.33. The van der Waals surface area contributed by atoms with Gasteiger partial charge in [0.05, 0.1) is 17.6 Å². The SMILES string of the molecule is CCc1ccc(S(=O)(=O)NCC2CN(CC(C)C)CCO2)cc1. The normalized spacial score (nSPS) is 20.1. The number of nitrogens with zero attached hydrogens (tertiary/aromatic N) is 1. The molecule has 0 aliphatic carbocycles. The van der Waals surface area contributed by atoms with E-state index in [1.165, 1.54) is 0 Å². The van der Waals surface area contributed by atoms with E-state index in [9.17, 15) is 8.42 Å². The number of rotatable bonds is 7. The lowest BCUT2D eigenvalue weighted by atomic mass is 10.2. The van der Waals surface area contributed by atoms with Gasteiger partial charge in [0.1, 0.15) is 0 Å². The van der Waals surface area contributed by atoms with E-state index in [0.717, 1.165) is 31.6 Å². The minimum Gasteiger partial charge on any atom is -0.374 e. The van der Waals surface area contributed by atoms with Crippen LogP contribution in [0.3, 0.4) is 0 Å². The van der Waals surface area contributed by atoms with Crippen molar-refractivity contribution in [3.63, 3.8) is 0 Å². The van der Waals surface area contributed by atoms with Crippen LogP contribution in [0.25, 0.3) is 0 Å². The average molecular weight is 340 g/mol. The second-order valence-electron chi connectivity index (χ2n) is 6.50. The Balaban J connectivity index is 1.90. The van der Waals surface area contributed by atoms with E-state index >= 15 is 0 Å². The molecule has 1 atom stereocenters. The lowest BCUT2D eigenvalue weighted by molar-refractivity contribution is -0.0280. The van der Waals surface area contributed by atoms with Gasteiger partial charge in [0, 0.05) is 26.2 Å². The van der Waals surface area contributed by atoms with Crippen LogP contribution in [0.5, 0.6) is 0 Å². The minimum absolute atomic E-state index is 0.0906. The Labute approximate surface area is 140 Å². The van der Waals surface area contributed by atoms with Gasteiger partial charge in [-0.2, -0.15) is 0 Å². The van der Waals surface area contributed by atoms with Crippen molar-refractivity contribution in [2.45, 2.75) is 38.2 Å². The Morgan fingerprint density at radius 1 is 1.30 bits per heavy atom. The van der Waals surface area contributed by atoms with Crippen LogP contribution in [-0.2, 0) is 21.2 Å². The quantitative estimate of drug-likeness (QED) is 0.823. The van der Waals surface area contributed by atoms with Crippen molar-refractivity contribution in [3.05, 3.63) is 29.8 Å². The average Bonchev–Trinajstić information content (AvgIpc) is 2.53. The summed E-state index contributed by atoms with van der Waals surface area (Å²) in [6.45, 7) is 10.1. The molecule has 5 nitrogen and oxygen atoms in total. The molecular weight excluding hydrogens is 312 g/mol. The molecule has 1 unspecified atom stereocenters. The monoisotopic (exact) mass is 340 g/mol. The predicted molar refractivity (Wildman–Crippen MR) is 92.0 cm³/mol. The van der Waals surface area contributed by atoms with Gasteiger partial charge in [0.15, 0.2) is 0 Å². The van der Waals surface area contributed by atoms with Crippen LogP contribution in [0.2, 0.25) is 0 Å². The Bertz CT molecular complexity index is 584. The predicted octanol–water partition coefficient (Wildman–Crippen LogP) is 1.88. The fourth-order valence-corrected chi connectivity index (χ4v) is 3.84. The molecule has 1 aliphatic rings. The molecular formula is C17H28N2O3S. The van der Waals surface area contributed by atoms with Crippen molar-refractivity contribution >= 4 is 10.0 Å². The Kier molecular flexibility index (Phi) is 6.59. The second-order valence-corrected chi connectivity index (χ2v) is 8.26. The van der Waals surface area contributed by atoms with Crippen LogP contribution in [-0.4, -0.2) is 52.2 Å². The first-order chi connectivity index (χ1) is 10.9. The first-order valence-corrected chi connectivity index (χ1v) is 9.81. The molecule has 0 radical (unpaired) electrons. The highest BCUT2D eigenvalue weighted by atomic mass is 32.2. The van der Waals surface area contributed by atoms with Gasteiger partial charge in [-0.15, -0.1) is 0 Å². The number of sulfonamides is 1. The van der Waals surface area contributed by atoms with E-state index in [0.29, 0.717) is 24.0 Å². The number of benzene rings is 1. The summed E-state index contributed by atoms with van der Waals surface area (Å²) in [5, 5.41) is 0. The molecule has 1 aromatic carbocycles. The Morgan fingerprint density at radius 3 is 2.61 bits per heavy atom. The number of nitrogens with one attached hydrogen (secondary N) is 1. The number of ether oxygens (including phenoxy) is 1. The van der Waals surface area contributed by atoms with Crippen molar-refractivity contribution in [2.75, 3.05) is 32.8 Å². The highest BCUT2D eigenvalue weighted by molar-refractivity contribution is 7.89. The smallest absolute Gasteiger partial charge is 0.240 e. The van der Waals surface area contributed by atoms with Gasteiger partial charge in [-0.3, -0.25) is 4.90 Å². The van der Waals surface area contributed by atoms with Crippen LogP contribution in [0, 0.1) is 5.92 Å². The molecule has 1 saturated heterocycles. The summed E-state index contributed by atoms with van der Waals surface area (Å²) in [7, 11) is -3.47. The van der Waals surface area contributed by atoms with E-state index < -0.39 is 10.0 Å². The van der Waals surface area contributed by atoms with Gasteiger partial charge in [-0.05, 0) is 30.0 Å². The summed E-state index contributed by atoms with van der Waals surface area (Å²) in [6, 6.07) is 7.04. The van der Waals surface area contributed by atoms with Gasteiger partial charge >= 0.3 is 0 Å². The van der Waals surface area contributed by atoms with E-state index in [-0.39, 0.29) is 6.10 Å². The molecule has 0 amide bonds. The molecule has 0 saturated carbocycles. The maximum absolute atomic E-state index is 12.4. The highest BCUT2D eigenvalue weighted by Gasteiger charge is 2.23.